The first-order chi connectivity index (χ1) is 8.20. The van der Waals surface area contributed by atoms with Gasteiger partial charge in [-0.05, 0) is 19.8 Å². The highest BCUT2D eigenvalue weighted by Gasteiger charge is 2.15. The van der Waals surface area contributed by atoms with Gasteiger partial charge in [0.1, 0.15) is 5.02 Å². The van der Waals surface area contributed by atoms with Crippen LogP contribution in [-0.2, 0) is 6.54 Å². The first-order valence-corrected chi connectivity index (χ1v) is 6.30. The Balaban J connectivity index is 2.91. The van der Waals surface area contributed by atoms with Crippen LogP contribution in [0.4, 0.5) is 5.69 Å². The van der Waals surface area contributed by atoms with E-state index in [2.05, 4.69) is 10.4 Å². The minimum Gasteiger partial charge on any atom is -0.389 e. The maximum absolute atomic E-state index is 11.9. The minimum absolute atomic E-state index is 0.106. The van der Waals surface area contributed by atoms with Gasteiger partial charge >= 0.3 is 0 Å². The van der Waals surface area contributed by atoms with Crippen LogP contribution in [0.15, 0.2) is 11.0 Å². The summed E-state index contributed by atoms with van der Waals surface area (Å²) < 4.78 is 1.35. The van der Waals surface area contributed by atoms with Gasteiger partial charge in [0.2, 0.25) is 0 Å². The topological polar surface area (TPSA) is 67.2 Å². The molecule has 0 spiro atoms. The summed E-state index contributed by atoms with van der Waals surface area (Å²) in [5.74, 6) is 0.321. The van der Waals surface area contributed by atoms with Gasteiger partial charge in [-0.1, -0.05) is 25.4 Å². The highest BCUT2D eigenvalue weighted by Crippen LogP contribution is 2.16. The Labute approximate surface area is 112 Å². The summed E-state index contributed by atoms with van der Waals surface area (Å²) in [6.07, 6.45) is 1.51. The zero-order chi connectivity index (χ0) is 13.9. The molecule has 2 N–H and O–H groups in total. The third-order valence-corrected chi connectivity index (χ3v) is 2.60. The summed E-state index contributed by atoms with van der Waals surface area (Å²) in [6, 6.07) is 0. The number of aromatic nitrogens is 2. The number of hydrogen-bond donors (Lipinski definition) is 2. The van der Waals surface area contributed by atoms with E-state index >= 15 is 0 Å². The normalized spacial score (nSPS) is 11.9. The highest BCUT2D eigenvalue weighted by molar-refractivity contribution is 6.32. The average Bonchev–Trinajstić information content (AvgIpc) is 2.22. The fraction of sp³-hybridized carbons (Fsp3) is 0.667. The summed E-state index contributed by atoms with van der Waals surface area (Å²) >= 11 is 5.99. The molecule has 1 heterocycles. The van der Waals surface area contributed by atoms with Crippen LogP contribution in [0.3, 0.4) is 0 Å². The van der Waals surface area contributed by atoms with E-state index in [-0.39, 0.29) is 10.6 Å². The highest BCUT2D eigenvalue weighted by atomic mass is 35.5. The van der Waals surface area contributed by atoms with Crippen LogP contribution in [0, 0.1) is 5.92 Å². The van der Waals surface area contributed by atoms with Gasteiger partial charge in [0.05, 0.1) is 17.5 Å². The molecule has 0 aliphatic heterocycles. The zero-order valence-corrected chi connectivity index (χ0v) is 12.0. The van der Waals surface area contributed by atoms with Gasteiger partial charge in [-0.3, -0.25) is 4.79 Å². The Morgan fingerprint density at radius 2 is 2.17 bits per heavy atom. The second-order valence-electron chi connectivity index (χ2n) is 5.42. The molecule has 0 saturated heterocycles. The average molecular weight is 274 g/mol. The molecule has 0 aromatic carbocycles. The number of nitrogens with one attached hydrogen (secondary N) is 1. The molecule has 1 aromatic rings. The van der Waals surface area contributed by atoms with E-state index in [0.717, 1.165) is 0 Å². The summed E-state index contributed by atoms with van der Waals surface area (Å²) in [6.45, 7) is 8.17. The van der Waals surface area contributed by atoms with Crippen molar-refractivity contribution in [2.45, 2.75) is 39.8 Å². The number of nitrogens with zero attached hydrogens (tertiary/aromatic N) is 2. The van der Waals surface area contributed by atoms with Gasteiger partial charge in [0.15, 0.2) is 0 Å². The van der Waals surface area contributed by atoms with Gasteiger partial charge in [-0.15, -0.1) is 0 Å². The number of aliphatic hydroxyl groups is 1. The first-order valence-electron chi connectivity index (χ1n) is 5.92. The Morgan fingerprint density at radius 3 is 2.67 bits per heavy atom. The van der Waals surface area contributed by atoms with Crippen LogP contribution in [-0.4, -0.2) is 27.0 Å². The molecular weight excluding hydrogens is 254 g/mol. The molecule has 1 aromatic heterocycles. The molecule has 18 heavy (non-hydrogen) atoms. The monoisotopic (exact) mass is 273 g/mol. The molecule has 0 unspecified atom stereocenters. The maximum atomic E-state index is 11.9. The standard InChI is InChI=1S/C12H20ClN3O2/c1-8(2)6-16-11(17)10(13)9(5-15-16)14-7-12(3,4)18/h5,8,14,18H,6-7H2,1-4H3. The smallest absolute Gasteiger partial charge is 0.287 e. The van der Waals surface area contributed by atoms with Crippen LogP contribution in [0.5, 0.6) is 0 Å². The van der Waals surface area contributed by atoms with E-state index in [4.69, 9.17) is 11.6 Å². The van der Waals surface area contributed by atoms with Crippen molar-refractivity contribution < 1.29 is 5.11 Å². The molecule has 102 valence electrons. The van der Waals surface area contributed by atoms with Crippen LogP contribution in [0.25, 0.3) is 0 Å². The van der Waals surface area contributed by atoms with E-state index in [0.29, 0.717) is 24.7 Å². The van der Waals surface area contributed by atoms with Crippen molar-refractivity contribution >= 4 is 17.3 Å². The molecule has 0 aliphatic carbocycles. The Kier molecular flexibility index (Phi) is 4.76. The van der Waals surface area contributed by atoms with Crippen molar-refractivity contribution in [2.24, 2.45) is 5.92 Å². The molecule has 0 bridgehead atoms. The number of rotatable bonds is 5. The van der Waals surface area contributed by atoms with E-state index in [1.54, 1.807) is 13.8 Å². The van der Waals surface area contributed by atoms with Gasteiger partial charge in [-0.2, -0.15) is 5.10 Å². The van der Waals surface area contributed by atoms with Gasteiger partial charge in [0, 0.05) is 13.1 Å². The summed E-state index contributed by atoms with van der Waals surface area (Å²) in [5, 5.41) is 16.7. The molecule has 0 atom stereocenters. The van der Waals surface area contributed by atoms with Crippen molar-refractivity contribution in [2.75, 3.05) is 11.9 Å². The Bertz CT molecular complexity index is 463. The largest absolute Gasteiger partial charge is 0.389 e. The molecule has 6 heteroatoms. The van der Waals surface area contributed by atoms with Crippen molar-refractivity contribution in [1.29, 1.82) is 0 Å². The minimum atomic E-state index is -0.879. The van der Waals surface area contributed by atoms with E-state index in [1.165, 1.54) is 10.9 Å². The summed E-state index contributed by atoms with van der Waals surface area (Å²) in [4.78, 5) is 11.9. The number of hydrogen-bond acceptors (Lipinski definition) is 4. The lowest BCUT2D eigenvalue weighted by Crippen LogP contribution is -2.31. The van der Waals surface area contributed by atoms with Gasteiger partial charge in [0.25, 0.3) is 5.56 Å². The third kappa shape index (κ3) is 4.31. The number of halogens is 1. The Morgan fingerprint density at radius 1 is 1.56 bits per heavy atom. The molecule has 0 radical (unpaired) electrons. The zero-order valence-electron chi connectivity index (χ0n) is 11.2. The molecule has 0 aliphatic rings. The molecule has 0 fully saturated rings. The molecule has 0 amide bonds. The molecule has 1 rings (SSSR count). The Hall–Kier alpha value is -1.07. The van der Waals surface area contributed by atoms with Crippen LogP contribution in [0.2, 0.25) is 5.02 Å². The van der Waals surface area contributed by atoms with Crippen LogP contribution < -0.4 is 10.9 Å². The van der Waals surface area contributed by atoms with Gasteiger partial charge in [-0.25, -0.2) is 4.68 Å². The van der Waals surface area contributed by atoms with E-state index < -0.39 is 5.60 Å². The predicted octanol–water partition coefficient (Wildman–Crippen LogP) is 1.74. The maximum Gasteiger partial charge on any atom is 0.287 e. The third-order valence-electron chi connectivity index (χ3n) is 2.23. The van der Waals surface area contributed by atoms with Crippen molar-refractivity contribution in [3.63, 3.8) is 0 Å². The molecule has 5 nitrogen and oxygen atoms in total. The fourth-order valence-corrected chi connectivity index (χ4v) is 1.59. The van der Waals surface area contributed by atoms with Crippen molar-refractivity contribution in [3.05, 3.63) is 21.6 Å². The second kappa shape index (κ2) is 5.71. The van der Waals surface area contributed by atoms with Gasteiger partial charge < -0.3 is 10.4 Å². The predicted molar refractivity (Wildman–Crippen MR) is 73.1 cm³/mol. The fourth-order valence-electron chi connectivity index (χ4n) is 1.38. The lowest BCUT2D eigenvalue weighted by atomic mass is 10.1. The lowest BCUT2D eigenvalue weighted by Gasteiger charge is -2.19. The van der Waals surface area contributed by atoms with Crippen LogP contribution in [0.1, 0.15) is 27.7 Å². The summed E-state index contributed by atoms with van der Waals surface area (Å²) in [5.41, 5.74) is -0.745. The van der Waals surface area contributed by atoms with Crippen molar-refractivity contribution in [3.8, 4) is 0 Å². The lowest BCUT2D eigenvalue weighted by molar-refractivity contribution is 0.0945. The van der Waals surface area contributed by atoms with E-state index in [9.17, 15) is 9.90 Å². The molecule has 0 saturated carbocycles. The summed E-state index contributed by atoms with van der Waals surface area (Å²) in [7, 11) is 0. The van der Waals surface area contributed by atoms with Crippen LogP contribution >= 0.6 is 11.6 Å². The SMILES string of the molecule is CC(C)Cn1ncc(NCC(C)(C)O)c(Cl)c1=O. The molecular formula is C12H20ClN3O2. The first kappa shape index (κ1) is 15.0. The van der Waals surface area contributed by atoms with Crippen molar-refractivity contribution in [1.82, 2.24) is 9.78 Å². The van der Waals surface area contributed by atoms with E-state index in [1.807, 2.05) is 13.8 Å². The quantitative estimate of drug-likeness (QED) is 0.857. The second-order valence-corrected chi connectivity index (χ2v) is 5.80. The number of anilines is 1.